The smallest absolute Gasteiger partial charge is 0.264 e. The zero-order valence-corrected chi connectivity index (χ0v) is 18.7. The van der Waals surface area contributed by atoms with E-state index in [9.17, 15) is 13.2 Å². The normalized spacial score (nSPS) is 12.1. The van der Waals surface area contributed by atoms with Crippen LogP contribution in [0.2, 0.25) is 5.02 Å². The quantitative estimate of drug-likeness (QED) is 0.542. The summed E-state index contributed by atoms with van der Waals surface area (Å²) in [6.45, 7) is 1.72. The Morgan fingerprint density at radius 2 is 1.61 bits per heavy atom. The molecule has 0 saturated heterocycles. The molecule has 162 valence electrons. The number of carbonyl (C=O) groups excluding carboxylic acids is 1. The standard InChI is InChI=1S/C23H23ClN2O4S/c1-17(18-8-10-19(24)11-9-18)25-23(27)16-30-21-14-12-20(13-15-21)26(2)31(28,29)22-6-4-3-5-7-22/h3-15,17H,16H2,1-2H3,(H,25,27)/t17-/m0/s1. The molecule has 0 radical (unpaired) electrons. The molecule has 8 heteroatoms. The fraction of sp³-hybridized carbons (Fsp3) is 0.174. The third-order valence-corrected chi connectivity index (χ3v) is 6.77. The van der Waals surface area contributed by atoms with Crippen molar-refractivity contribution in [1.82, 2.24) is 5.32 Å². The lowest BCUT2D eigenvalue weighted by Gasteiger charge is -2.20. The van der Waals surface area contributed by atoms with Crippen molar-refractivity contribution in [2.45, 2.75) is 17.9 Å². The minimum Gasteiger partial charge on any atom is -0.484 e. The van der Waals surface area contributed by atoms with Crippen molar-refractivity contribution < 1.29 is 17.9 Å². The number of hydrogen-bond donors (Lipinski definition) is 1. The van der Waals surface area contributed by atoms with Gasteiger partial charge in [0.25, 0.3) is 15.9 Å². The Bertz CT molecular complexity index is 1120. The van der Waals surface area contributed by atoms with E-state index in [1.807, 2.05) is 19.1 Å². The van der Waals surface area contributed by atoms with Gasteiger partial charge in [-0.05, 0) is 61.0 Å². The van der Waals surface area contributed by atoms with Crippen LogP contribution in [-0.4, -0.2) is 28.0 Å². The summed E-state index contributed by atoms with van der Waals surface area (Å²) < 4.78 is 32.1. The number of hydrogen-bond acceptors (Lipinski definition) is 4. The van der Waals surface area contributed by atoms with Gasteiger partial charge in [0.2, 0.25) is 0 Å². The Morgan fingerprint density at radius 1 is 1.00 bits per heavy atom. The Balaban J connectivity index is 1.56. The Labute approximate surface area is 187 Å². The molecule has 3 aromatic carbocycles. The Kier molecular flexibility index (Phi) is 7.20. The van der Waals surface area contributed by atoms with Crippen LogP contribution < -0.4 is 14.4 Å². The number of halogens is 1. The number of carbonyl (C=O) groups is 1. The predicted molar refractivity (Wildman–Crippen MR) is 122 cm³/mol. The highest BCUT2D eigenvalue weighted by atomic mass is 35.5. The van der Waals surface area contributed by atoms with Crippen LogP contribution in [0, 0.1) is 0 Å². The second-order valence-electron chi connectivity index (χ2n) is 6.91. The molecule has 0 aliphatic heterocycles. The number of ether oxygens (including phenoxy) is 1. The number of nitrogens with one attached hydrogen (secondary N) is 1. The summed E-state index contributed by atoms with van der Waals surface area (Å²) in [4.78, 5) is 12.4. The molecule has 31 heavy (non-hydrogen) atoms. The largest absolute Gasteiger partial charge is 0.484 e. The molecule has 0 aliphatic carbocycles. The molecule has 0 heterocycles. The molecule has 0 unspecified atom stereocenters. The van der Waals surface area contributed by atoms with Gasteiger partial charge in [-0.3, -0.25) is 9.10 Å². The first-order valence-corrected chi connectivity index (χ1v) is 11.4. The Morgan fingerprint density at radius 3 is 2.23 bits per heavy atom. The van der Waals surface area contributed by atoms with Gasteiger partial charge in [0.15, 0.2) is 6.61 Å². The summed E-state index contributed by atoms with van der Waals surface area (Å²) >= 11 is 5.88. The topological polar surface area (TPSA) is 75.7 Å². The maximum absolute atomic E-state index is 12.7. The van der Waals surface area contributed by atoms with Gasteiger partial charge >= 0.3 is 0 Å². The summed E-state index contributed by atoms with van der Waals surface area (Å²) in [6.07, 6.45) is 0. The molecule has 0 bridgehead atoms. The van der Waals surface area contributed by atoms with Crippen molar-refractivity contribution >= 4 is 33.2 Å². The number of rotatable bonds is 8. The first-order chi connectivity index (χ1) is 14.8. The molecule has 6 nitrogen and oxygen atoms in total. The Hall–Kier alpha value is -3.03. The number of benzene rings is 3. The van der Waals surface area contributed by atoms with Crippen LogP contribution in [0.1, 0.15) is 18.5 Å². The highest BCUT2D eigenvalue weighted by molar-refractivity contribution is 7.92. The average molecular weight is 459 g/mol. The minimum absolute atomic E-state index is 0.157. The molecule has 3 rings (SSSR count). The molecule has 0 aromatic heterocycles. The fourth-order valence-corrected chi connectivity index (χ4v) is 4.25. The van der Waals surface area contributed by atoms with E-state index in [0.29, 0.717) is 16.5 Å². The molecular formula is C23H23ClN2O4S. The highest BCUT2D eigenvalue weighted by Crippen LogP contribution is 2.24. The second kappa shape index (κ2) is 9.85. The van der Waals surface area contributed by atoms with Crippen LogP contribution >= 0.6 is 11.6 Å². The van der Waals surface area contributed by atoms with E-state index in [1.165, 1.54) is 11.4 Å². The van der Waals surface area contributed by atoms with Crippen LogP contribution in [0.3, 0.4) is 0 Å². The molecule has 0 spiro atoms. The van der Waals surface area contributed by atoms with E-state index in [4.69, 9.17) is 16.3 Å². The van der Waals surface area contributed by atoms with E-state index in [2.05, 4.69) is 5.32 Å². The van der Waals surface area contributed by atoms with Gasteiger partial charge in [0, 0.05) is 12.1 Å². The summed E-state index contributed by atoms with van der Waals surface area (Å²) in [5.74, 6) is 0.193. The molecule has 1 amide bonds. The first-order valence-electron chi connectivity index (χ1n) is 9.59. The van der Waals surface area contributed by atoms with Crippen LogP contribution in [0.5, 0.6) is 5.75 Å². The minimum atomic E-state index is -3.65. The molecule has 1 atom stereocenters. The molecular weight excluding hydrogens is 436 g/mol. The predicted octanol–water partition coefficient (Wildman–Crippen LogP) is 4.42. The van der Waals surface area contributed by atoms with E-state index in [0.717, 1.165) is 5.56 Å². The fourth-order valence-electron chi connectivity index (χ4n) is 2.91. The summed E-state index contributed by atoms with van der Waals surface area (Å²) in [5.41, 5.74) is 1.42. The van der Waals surface area contributed by atoms with Gasteiger partial charge in [-0.1, -0.05) is 41.9 Å². The molecule has 0 fully saturated rings. The van der Waals surface area contributed by atoms with Crippen molar-refractivity contribution in [1.29, 1.82) is 0 Å². The molecule has 0 aliphatic rings. The van der Waals surface area contributed by atoms with Crippen LogP contribution in [0.4, 0.5) is 5.69 Å². The van der Waals surface area contributed by atoms with E-state index < -0.39 is 10.0 Å². The van der Waals surface area contributed by atoms with Gasteiger partial charge in [-0.25, -0.2) is 8.42 Å². The van der Waals surface area contributed by atoms with Crippen molar-refractivity contribution in [3.05, 3.63) is 89.4 Å². The number of sulfonamides is 1. The van der Waals surface area contributed by atoms with Gasteiger partial charge in [-0.15, -0.1) is 0 Å². The summed E-state index contributed by atoms with van der Waals surface area (Å²) in [5, 5.41) is 3.49. The third kappa shape index (κ3) is 5.77. The molecule has 3 aromatic rings. The molecule has 0 saturated carbocycles. The first kappa shape index (κ1) is 22.7. The van der Waals surface area contributed by atoms with Crippen LogP contribution in [0.25, 0.3) is 0 Å². The highest BCUT2D eigenvalue weighted by Gasteiger charge is 2.20. The van der Waals surface area contributed by atoms with E-state index >= 15 is 0 Å². The maximum Gasteiger partial charge on any atom is 0.264 e. The van der Waals surface area contributed by atoms with Crippen molar-refractivity contribution in [3.63, 3.8) is 0 Å². The van der Waals surface area contributed by atoms with Gasteiger partial charge in [0.1, 0.15) is 5.75 Å². The van der Waals surface area contributed by atoms with Gasteiger partial charge in [0.05, 0.1) is 16.6 Å². The number of nitrogens with zero attached hydrogens (tertiary/aromatic N) is 1. The SMILES string of the molecule is C[C@H](NC(=O)COc1ccc(N(C)S(=O)(=O)c2ccccc2)cc1)c1ccc(Cl)cc1. The van der Waals surface area contributed by atoms with Crippen molar-refractivity contribution in [3.8, 4) is 5.75 Å². The van der Waals surface area contributed by atoms with Crippen molar-refractivity contribution in [2.24, 2.45) is 0 Å². The second-order valence-corrected chi connectivity index (χ2v) is 9.31. The van der Waals surface area contributed by atoms with E-state index in [1.54, 1.807) is 66.7 Å². The lowest BCUT2D eigenvalue weighted by atomic mass is 10.1. The zero-order valence-electron chi connectivity index (χ0n) is 17.2. The van der Waals surface area contributed by atoms with Crippen LogP contribution in [-0.2, 0) is 14.8 Å². The summed E-state index contributed by atoms with van der Waals surface area (Å²) in [7, 11) is -2.16. The number of amides is 1. The average Bonchev–Trinajstić information content (AvgIpc) is 2.78. The van der Waals surface area contributed by atoms with Crippen molar-refractivity contribution in [2.75, 3.05) is 18.0 Å². The lowest BCUT2D eigenvalue weighted by molar-refractivity contribution is -0.123. The summed E-state index contributed by atoms with van der Waals surface area (Å²) in [6, 6.07) is 21.8. The van der Waals surface area contributed by atoms with E-state index in [-0.39, 0.29) is 23.5 Å². The number of anilines is 1. The molecule has 1 N–H and O–H groups in total. The zero-order chi connectivity index (χ0) is 22.4. The maximum atomic E-state index is 12.7. The lowest BCUT2D eigenvalue weighted by Crippen LogP contribution is -2.31. The van der Waals surface area contributed by atoms with Crippen LogP contribution in [0.15, 0.2) is 83.8 Å². The van der Waals surface area contributed by atoms with Gasteiger partial charge in [-0.2, -0.15) is 0 Å². The monoisotopic (exact) mass is 458 g/mol. The third-order valence-electron chi connectivity index (χ3n) is 4.72. The van der Waals surface area contributed by atoms with Gasteiger partial charge < -0.3 is 10.1 Å².